The quantitative estimate of drug-likeness (QED) is 0.761. The lowest BCUT2D eigenvalue weighted by atomic mass is 9.97. The van der Waals surface area contributed by atoms with Crippen molar-refractivity contribution in [1.29, 1.82) is 0 Å². The number of nitrogens with two attached hydrogens (primary N) is 1. The predicted molar refractivity (Wildman–Crippen MR) is 83.2 cm³/mol. The van der Waals surface area contributed by atoms with E-state index in [1.165, 1.54) is 11.3 Å². The molecule has 112 valence electrons. The van der Waals surface area contributed by atoms with E-state index >= 15 is 0 Å². The average Bonchev–Trinajstić information content (AvgIpc) is 2.86. The molecule has 0 unspecified atom stereocenters. The molecule has 20 heavy (non-hydrogen) atoms. The molecule has 2 heterocycles. The molecule has 1 fully saturated rings. The summed E-state index contributed by atoms with van der Waals surface area (Å²) in [7, 11) is 1.77. The molecule has 0 atom stereocenters. The molecule has 7 heteroatoms. The lowest BCUT2D eigenvalue weighted by molar-refractivity contribution is 0.0941. The van der Waals surface area contributed by atoms with Gasteiger partial charge in [0.2, 0.25) is 0 Å². The molecular formula is C13H23N5OS. The zero-order valence-electron chi connectivity index (χ0n) is 12.1. The number of hydrogen-bond acceptors (Lipinski definition) is 6. The largest absolute Gasteiger partial charge is 0.382 e. The highest BCUT2D eigenvalue weighted by Crippen LogP contribution is 2.24. The number of carbonyl (C=O) groups excluding carboxylic acids is 1. The molecule has 0 saturated carbocycles. The number of thiazole rings is 1. The number of likely N-dealkylation sites (tertiary alicyclic amines) is 1. The van der Waals surface area contributed by atoms with E-state index in [4.69, 9.17) is 5.73 Å². The Morgan fingerprint density at radius 1 is 1.50 bits per heavy atom. The second kappa shape index (κ2) is 6.90. The first-order valence-electron chi connectivity index (χ1n) is 7.08. The first-order chi connectivity index (χ1) is 9.63. The molecule has 1 aromatic rings. The number of hydrogen-bond donors (Lipinski definition) is 3. The van der Waals surface area contributed by atoms with Crippen molar-refractivity contribution in [3.05, 3.63) is 4.88 Å². The Balaban J connectivity index is 1.82. The van der Waals surface area contributed by atoms with Crippen LogP contribution in [0.2, 0.25) is 0 Å². The van der Waals surface area contributed by atoms with Crippen molar-refractivity contribution in [3.63, 3.8) is 0 Å². The van der Waals surface area contributed by atoms with Gasteiger partial charge in [-0.3, -0.25) is 4.79 Å². The van der Waals surface area contributed by atoms with E-state index in [1.54, 1.807) is 7.05 Å². The van der Waals surface area contributed by atoms with E-state index in [1.807, 2.05) is 0 Å². The van der Waals surface area contributed by atoms with Crippen LogP contribution in [0, 0.1) is 5.92 Å². The van der Waals surface area contributed by atoms with E-state index < -0.39 is 0 Å². The van der Waals surface area contributed by atoms with Gasteiger partial charge in [0.05, 0.1) is 0 Å². The number of carbonyl (C=O) groups is 1. The van der Waals surface area contributed by atoms with Crippen LogP contribution < -0.4 is 16.4 Å². The molecule has 0 aromatic carbocycles. The summed E-state index contributed by atoms with van der Waals surface area (Å²) in [6, 6.07) is 0. The van der Waals surface area contributed by atoms with E-state index in [2.05, 4.69) is 27.4 Å². The van der Waals surface area contributed by atoms with E-state index in [9.17, 15) is 4.79 Å². The SMILES string of the molecule is CCN1CCC(CNC(=O)c2sc(NC)nc2N)CC1. The molecule has 0 aliphatic carbocycles. The fraction of sp³-hybridized carbons (Fsp3) is 0.692. The Labute approximate surface area is 123 Å². The summed E-state index contributed by atoms with van der Waals surface area (Å²) in [4.78, 5) is 19.1. The van der Waals surface area contributed by atoms with Crippen molar-refractivity contribution in [2.24, 2.45) is 5.92 Å². The maximum absolute atomic E-state index is 12.1. The Hall–Kier alpha value is -1.34. The van der Waals surface area contributed by atoms with E-state index in [0.717, 1.165) is 39.0 Å². The lowest BCUT2D eigenvalue weighted by Gasteiger charge is -2.30. The number of nitrogen functional groups attached to an aromatic ring is 1. The van der Waals surface area contributed by atoms with Crippen LogP contribution in [0.1, 0.15) is 29.4 Å². The first-order valence-corrected chi connectivity index (χ1v) is 7.90. The molecule has 1 aromatic heterocycles. The van der Waals surface area contributed by atoms with E-state index in [-0.39, 0.29) is 5.91 Å². The van der Waals surface area contributed by atoms with Crippen LogP contribution in [0.3, 0.4) is 0 Å². The van der Waals surface area contributed by atoms with Crippen LogP contribution in [0.4, 0.5) is 10.9 Å². The van der Waals surface area contributed by atoms with Crippen molar-refractivity contribution < 1.29 is 4.79 Å². The topological polar surface area (TPSA) is 83.3 Å². The number of nitrogens with zero attached hydrogens (tertiary/aromatic N) is 2. The molecule has 2 rings (SSSR count). The van der Waals surface area contributed by atoms with Gasteiger partial charge >= 0.3 is 0 Å². The number of piperidine rings is 1. The monoisotopic (exact) mass is 297 g/mol. The van der Waals surface area contributed by atoms with Gasteiger partial charge in [-0.15, -0.1) is 0 Å². The van der Waals surface area contributed by atoms with Gasteiger partial charge in [-0.2, -0.15) is 0 Å². The Kier molecular flexibility index (Phi) is 5.19. The first kappa shape index (κ1) is 15.1. The van der Waals surface area contributed by atoms with Gasteiger partial charge in [-0.05, 0) is 38.4 Å². The zero-order valence-corrected chi connectivity index (χ0v) is 12.9. The van der Waals surface area contributed by atoms with Crippen molar-refractivity contribution >= 4 is 28.2 Å². The Morgan fingerprint density at radius 2 is 2.20 bits per heavy atom. The van der Waals surface area contributed by atoms with Crippen molar-refractivity contribution in [1.82, 2.24) is 15.2 Å². The van der Waals surface area contributed by atoms with Gasteiger partial charge in [0.15, 0.2) is 5.13 Å². The molecule has 4 N–H and O–H groups in total. The van der Waals surface area contributed by atoms with Gasteiger partial charge in [0.1, 0.15) is 10.7 Å². The minimum Gasteiger partial charge on any atom is -0.382 e. The molecule has 1 aliphatic rings. The number of anilines is 2. The molecule has 0 bridgehead atoms. The lowest BCUT2D eigenvalue weighted by Crippen LogP contribution is -2.38. The standard InChI is InChI=1S/C13H23N5OS/c1-3-18-6-4-9(5-7-18)8-16-12(19)10-11(14)17-13(15-2)20-10/h9H,3-8,14H2,1-2H3,(H,15,17)(H,16,19). The minimum absolute atomic E-state index is 0.112. The molecule has 1 aliphatic heterocycles. The molecule has 0 spiro atoms. The number of rotatable bonds is 5. The third kappa shape index (κ3) is 3.61. The third-order valence-electron chi connectivity index (χ3n) is 3.78. The van der Waals surface area contributed by atoms with Crippen LogP contribution in [-0.2, 0) is 0 Å². The summed E-state index contributed by atoms with van der Waals surface area (Å²) in [5.74, 6) is 0.761. The summed E-state index contributed by atoms with van der Waals surface area (Å²) >= 11 is 1.29. The van der Waals surface area contributed by atoms with Crippen LogP contribution in [0.5, 0.6) is 0 Å². The summed E-state index contributed by atoms with van der Waals surface area (Å²) in [6.45, 7) is 6.28. The smallest absolute Gasteiger partial charge is 0.265 e. The summed E-state index contributed by atoms with van der Waals surface area (Å²) in [6.07, 6.45) is 2.29. The van der Waals surface area contributed by atoms with Crippen molar-refractivity contribution in [3.8, 4) is 0 Å². The van der Waals surface area contributed by atoms with Gasteiger partial charge in [-0.25, -0.2) is 4.98 Å². The molecule has 1 amide bonds. The normalized spacial score (nSPS) is 17.1. The van der Waals surface area contributed by atoms with Crippen LogP contribution in [0.25, 0.3) is 0 Å². The van der Waals surface area contributed by atoms with Crippen LogP contribution in [-0.4, -0.2) is 49.0 Å². The van der Waals surface area contributed by atoms with Gasteiger partial charge in [0, 0.05) is 13.6 Å². The molecule has 1 saturated heterocycles. The Morgan fingerprint density at radius 3 is 2.75 bits per heavy atom. The second-order valence-electron chi connectivity index (χ2n) is 5.07. The highest BCUT2D eigenvalue weighted by atomic mass is 32.1. The summed E-state index contributed by atoms with van der Waals surface area (Å²) in [5, 5.41) is 6.56. The van der Waals surface area contributed by atoms with Gasteiger partial charge in [0.25, 0.3) is 5.91 Å². The number of nitrogens with one attached hydrogen (secondary N) is 2. The van der Waals surface area contributed by atoms with Gasteiger partial charge in [-0.1, -0.05) is 18.3 Å². The third-order valence-corrected chi connectivity index (χ3v) is 4.87. The summed E-state index contributed by atoms with van der Waals surface area (Å²) < 4.78 is 0. The fourth-order valence-corrected chi connectivity index (χ4v) is 3.18. The second-order valence-corrected chi connectivity index (χ2v) is 6.07. The highest BCUT2D eigenvalue weighted by molar-refractivity contribution is 7.18. The van der Waals surface area contributed by atoms with Crippen LogP contribution in [0.15, 0.2) is 0 Å². The van der Waals surface area contributed by atoms with Crippen molar-refractivity contribution in [2.45, 2.75) is 19.8 Å². The molecule has 6 nitrogen and oxygen atoms in total. The minimum atomic E-state index is -0.112. The van der Waals surface area contributed by atoms with E-state index in [0.29, 0.717) is 21.7 Å². The van der Waals surface area contributed by atoms with Gasteiger partial charge < -0.3 is 21.3 Å². The average molecular weight is 297 g/mol. The van der Waals surface area contributed by atoms with Crippen molar-refractivity contribution in [2.75, 3.05) is 44.3 Å². The Bertz CT molecular complexity index is 454. The number of aromatic nitrogens is 1. The molecule has 0 radical (unpaired) electrons. The number of amides is 1. The fourth-order valence-electron chi connectivity index (χ4n) is 2.43. The maximum atomic E-state index is 12.1. The molecular weight excluding hydrogens is 274 g/mol. The summed E-state index contributed by atoms with van der Waals surface area (Å²) in [5.41, 5.74) is 5.75. The van der Waals surface area contributed by atoms with Crippen LogP contribution >= 0.6 is 11.3 Å². The highest BCUT2D eigenvalue weighted by Gasteiger charge is 2.20. The maximum Gasteiger partial charge on any atom is 0.265 e. The zero-order chi connectivity index (χ0) is 14.5. The predicted octanol–water partition coefficient (Wildman–Crippen LogP) is 1.23.